The lowest BCUT2D eigenvalue weighted by Gasteiger charge is -2.05. The van der Waals surface area contributed by atoms with Gasteiger partial charge < -0.3 is 5.11 Å². The largest absolute Gasteiger partial charge is 0.481 e. The smallest absolute Gasteiger partial charge is 0.307 e. The van der Waals surface area contributed by atoms with Crippen LogP contribution < -0.4 is 0 Å². The van der Waals surface area contributed by atoms with Gasteiger partial charge in [-0.1, -0.05) is 6.07 Å². The summed E-state index contributed by atoms with van der Waals surface area (Å²) in [6.07, 6.45) is 2.69. The molecule has 0 aromatic heterocycles. The summed E-state index contributed by atoms with van der Waals surface area (Å²) >= 11 is 5.35. The second kappa shape index (κ2) is 4.58. The first kappa shape index (κ1) is 11.0. The minimum atomic E-state index is -0.788. The van der Waals surface area contributed by atoms with Crippen molar-refractivity contribution in [1.29, 1.82) is 0 Å². The van der Waals surface area contributed by atoms with E-state index >= 15 is 0 Å². The van der Waals surface area contributed by atoms with Gasteiger partial charge in [0.2, 0.25) is 0 Å². The fourth-order valence-corrected chi connectivity index (χ4v) is 3.05. The van der Waals surface area contributed by atoms with Crippen LogP contribution in [0.4, 0.5) is 0 Å². The van der Waals surface area contributed by atoms with E-state index in [1.54, 1.807) is 0 Å². The van der Waals surface area contributed by atoms with Gasteiger partial charge in [-0.25, -0.2) is 0 Å². The highest BCUT2D eigenvalue weighted by Gasteiger charge is 2.23. The molecule has 4 heteroatoms. The number of thioether (sulfide) groups is 1. The van der Waals surface area contributed by atoms with Crippen LogP contribution in [0.5, 0.6) is 0 Å². The van der Waals surface area contributed by atoms with Crippen LogP contribution in [0.15, 0.2) is 27.6 Å². The average Bonchev–Trinajstić information content (AvgIpc) is 2.92. The SMILES string of the molecule is O=C(O)Cc1ccc(SC2CC2)c(Br)c1. The molecular formula is C11H11BrO2S. The molecule has 1 aliphatic carbocycles. The number of hydrogen-bond donors (Lipinski definition) is 1. The molecule has 0 unspecified atom stereocenters. The molecule has 0 amide bonds. The van der Waals surface area contributed by atoms with Crippen molar-refractivity contribution in [2.75, 3.05) is 0 Å². The Hall–Kier alpha value is -0.480. The number of benzene rings is 1. The molecule has 2 nitrogen and oxygen atoms in total. The van der Waals surface area contributed by atoms with Crippen LogP contribution in [0.3, 0.4) is 0 Å². The Morgan fingerprint density at radius 1 is 1.53 bits per heavy atom. The number of carboxylic acids is 1. The van der Waals surface area contributed by atoms with E-state index in [-0.39, 0.29) is 6.42 Å². The van der Waals surface area contributed by atoms with Gasteiger partial charge in [0, 0.05) is 14.6 Å². The summed E-state index contributed by atoms with van der Waals surface area (Å²) in [6.45, 7) is 0. The molecular weight excluding hydrogens is 276 g/mol. The first-order chi connectivity index (χ1) is 7.15. The quantitative estimate of drug-likeness (QED) is 0.923. The third kappa shape index (κ3) is 3.24. The van der Waals surface area contributed by atoms with Gasteiger partial charge in [0.05, 0.1) is 6.42 Å². The lowest BCUT2D eigenvalue weighted by molar-refractivity contribution is -0.136. The highest BCUT2D eigenvalue weighted by Crippen LogP contribution is 2.41. The summed E-state index contributed by atoms with van der Waals surface area (Å²) in [5.41, 5.74) is 0.842. The van der Waals surface area contributed by atoms with E-state index in [2.05, 4.69) is 15.9 Å². The number of carbonyl (C=O) groups is 1. The molecule has 0 aliphatic heterocycles. The Kier molecular flexibility index (Phi) is 3.36. The predicted octanol–water partition coefficient (Wildman–Crippen LogP) is 3.33. The molecule has 15 heavy (non-hydrogen) atoms. The van der Waals surface area contributed by atoms with Gasteiger partial charge >= 0.3 is 5.97 Å². The van der Waals surface area contributed by atoms with Crippen molar-refractivity contribution in [3.8, 4) is 0 Å². The molecule has 2 rings (SSSR count). The fourth-order valence-electron chi connectivity index (χ4n) is 1.29. The van der Waals surface area contributed by atoms with Crippen molar-refractivity contribution in [1.82, 2.24) is 0 Å². The average molecular weight is 287 g/mol. The summed E-state index contributed by atoms with van der Waals surface area (Å²) in [5, 5.41) is 9.43. The standard InChI is InChI=1S/C11H11BrO2S/c12-9-5-7(6-11(13)14)1-4-10(9)15-8-2-3-8/h1,4-5,8H,2-3,6H2,(H,13,14). The maximum Gasteiger partial charge on any atom is 0.307 e. The first-order valence-electron chi connectivity index (χ1n) is 4.82. The van der Waals surface area contributed by atoms with Gasteiger partial charge in [-0.05, 0) is 46.5 Å². The number of halogens is 1. The summed E-state index contributed by atoms with van der Waals surface area (Å²) in [5.74, 6) is -0.788. The number of aliphatic carboxylic acids is 1. The van der Waals surface area contributed by atoms with Gasteiger partial charge in [-0.2, -0.15) is 0 Å². The molecule has 1 aliphatic rings. The number of hydrogen-bond acceptors (Lipinski definition) is 2. The van der Waals surface area contributed by atoms with E-state index < -0.39 is 5.97 Å². The van der Waals surface area contributed by atoms with Crippen molar-refractivity contribution in [2.45, 2.75) is 29.4 Å². The van der Waals surface area contributed by atoms with Crippen molar-refractivity contribution in [3.05, 3.63) is 28.2 Å². The molecule has 80 valence electrons. The van der Waals surface area contributed by atoms with Crippen LogP contribution in [0.25, 0.3) is 0 Å². The van der Waals surface area contributed by atoms with E-state index in [4.69, 9.17) is 5.11 Å². The second-order valence-electron chi connectivity index (χ2n) is 3.65. The highest BCUT2D eigenvalue weighted by atomic mass is 79.9. The van der Waals surface area contributed by atoms with Crippen molar-refractivity contribution in [3.63, 3.8) is 0 Å². The van der Waals surface area contributed by atoms with Crippen LogP contribution in [-0.4, -0.2) is 16.3 Å². The Morgan fingerprint density at radius 2 is 2.27 bits per heavy atom. The van der Waals surface area contributed by atoms with E-state index in [1.165, 1.54) is 17.7 Å². The molecule has 0 atom stereocenters. The Labute approximate surface area is 101 Å². The lowest BCUT2D eigenvalue weighted by Crippen LogP contribution is -1.99. The van der Waals surface area contributed by atoms with Gasteiger partial charge in [0.15, 0.2) is 0 Å². The van der Waals surface area contributed by atoms with Gasteiger partial charge in [0.1, 0.15) is 0 Å². The predicted molar refractivity (Wildman–Crippen MR) is 64.4 cm³/mol. The normalized spacial score (nSPS) is 15.3. The van der Waals surface area contributed by atoms with Crippen LogP contribution in [-0.2, 0) is 11.2 Å². The molecule has 0 bridgehead atoms. The zero-order valence-corrected chi connectivity index (χ0v) is 10.5. The van der Waals surface area contributed by atoms with Crippen LogP contribution >= 0.6 is 27.7 Å². The van der Waals surface area contributed by atoms with Crippen LogP contribution in [0.1, 0.15) is 18.4 Å². The third-order valence-corrected chi connectivity index (χ3v) is 4.50. The molecule has 0 radical (unpaired) electrons. The summed E-state index contributed by atoms with van der Waals surface area (Å²) in [4.78, 5) is 11.7. The summed E-state index contributed by atoms with van der Waals surface area (Å²) < 4.78 is 1.01. The third-order valence-electron chi connectivity index (χ3n) is 2.17. The molecule has 0 saturated heterocycles. The Morgan fingerprint density at radius 3 is 2.80 bits per heavy atom. The van der Waals surface area contributed by atoms with Crippen molar-refractivity contribution in [2.24, 2.45) is 0 Å². The van der Waals surface area contributed by atoms with E-state index in [0.717, 1.165) is 15.3 Å². The van der Waals surface area contributed by atoms with Crippen LogP contribution in [0, 0.1) is 0 Å². The molecule has 1 aromatic rings. The van der Waals surface area contributed by atoms with Crippen molar-refractivity contribution < 1.29 is 9.90 Å². The zero-order valence-electron chi connectivity index (χ0n) is 8.07. The van der Waals surface area contributed by atoms with E-state index in [9.17, 15) is 4.79 Å². The molecule has 1 fully saturated rings. The van der Waals surface area contributed by atoms with E-state index in [1.807, 2.05) is 30.0 Å². The number of rotatable bonds is 4. The molecule has 1 N–H and O–H groups in total. The molecule has 0 heterocycles. The number of carboxylic acid groups (broad SMARTS) is 1. The Bertz CT molecular complexity index is 388. The summed E-state index contributed by atoms with van der Waals surface area (Å²) in [6, 6.07) is 5.80. The maximum atomic E-state index is 10.5. The maximum absolute atomic E-state index is 10.5. The molecule has 0 spiro atoms. The molecule has 1 aromatic carbocycles. The molecule has 1 saturated carbocycles. The minimum Gasteiger partial charge on any atom is -0.481 e. The van der Waals surface area contributed by atoms with Gasteiger partial charge in [-0.15, -0.1) is 11.8 Å². The minimum absolute atomic E-state index is 0.0903. The summed E-state index contributed by atoms with van der Waals surface area (Å²) in [7, 11) is 0. The monoisotopic (exact) mass is 286 g/mol. The van der Waals surface area contributed by atoms with Crippen molar-refractivity contribution >= 4 is 33.7 Å². The zero-order chi connectivity index (χ0) is 10.8. The first-order valence-corrected chi connectivity index (χ1v) is 6.49. The topological polar surface area (TPSA) is 37.3 Å². The van der Waals surface area contributed by atoms with Gasteiger partial charge in [-0.3, -0.25) is 4.79 Å². The second-order valence-corrected chi connectivity index (χ2v) is 5.85. The Balaban J connectivity index is 2.10. The fraction of sp³-hybridized carbons (Fsp3) is 0.364. The van der Waals surface area contributed by atoms with Gasteiger partial charge in [0.25, 0.3) is 0 Å². The van der Waals surface area contributed by atoms with Crippen LogP contribution in [0.2, 0.25) is 0 Å². The van der Waals surface area contributed by atoms with E-state index in [0.29, 0.717) is 0 Å². The highest BCUT2D eigenvalue weighted by molar-refractivity contribution is 9.10. The lowest BCUT2D eigenvalue weighted by atomic mass is 10.2.